The third kappa shape index (κ3) is 2.67. The molecule has 1 aliphatic rings. The quantitative estimate of drug-likeness (QED) is 0.660. The Balaban J connectivity index is 2.09. The highest BCUT2D eigenvalue weighted by Gasteiger charge is 2.14. The zero-order valence-corrected chi connectivity index (χ0v) is 9.12. The molecule has 1 saturated heterocycles. The fourth-order valence-electron chi connectivity index (χ4n) is 2.11. The van der Waals surface area contributed by atoms with E-state index in [0.29, 0.717) is 0 Å². The second-order valence-electron chi connectivity index (χ2n) is 4.36. The van der Waals surface area contributed by atoms with Gasteiger partial charge in [-0.1, -0.05) is 6.92 Å². The molecule has 1 unspecified atom stereocenters. The Morgan fingerprint density at radius 1 is 1.40 bits per heavy atom. The van der Waals surface area contributed by atoms with Crippen molar-refractivity contribution in [2.45, 2.75) is 26.2 Å². The van der Waals surface area contributed by atoms with Crippen molar-refractivity contribution in [1.29, 1.82) is 0 Å². The van der Waals surface area contributed by atoms with E-state index in [4.69, 9.17) is 0 Å². The minimum Gasteiger partial charge on any atom is -0.371 e. The highest BCUT2D eigenvalue weighted by Crippen LogP contribution is 2.22. The largest absolute Gasteiger partial charge is 0.371 e. The standard InChI is InChI=1S/C12H17FN2/c1-10-3-2-7-15(8-5-10)11-4-6-14-12(13)9-11/h4,6,9-10H,2-3,5,7-8H2,1H3. The number of pyridine rings is 1. The first-order valence-electron chi connectivity index (χ1n) is 5.62. The van der Waals surface area contributed by atoms with Crippen molar-refractivity contribution in [3.63, 3.8) is 0 Å². The predicted molar refractivity (Wildman–Crippen MR) is 59.4 cm³/mol. The molecule has 3 heteroatoms. The fourth-order valence-corrected chi connectivity index (χ4v) is 2.11. The van der Waals surface area contributed by atoms with Crippen LogP contribution in [0.4, 0.5) is 10.1 Å². The van der Waals surface area contributed by atoms with Gasteiger partial charge in [-0.15, -0.1) is 0 Å². The third-order valence-electron chi connectivity index (χ3n) is 3.09. The lowest BCUT2D eigenvalue weighted by Gasteiger charge is -2.22. The highest BCUT2D eigenvalue weighted by molar-refractivity contribution is 5.44. The molecule has 82 valence electrons. The molecular formula is C12H17FN2. The molecule has 0 amide bonds. The summed E-state index contributed by atoms with van der Waals surface area (Å²) in [5, 5.41) is 0. The smallest absolute Gasteiger partial charge is 0.214 e. The summed E-state index contributed by atoms with van der Waals surface area (Å²) in [6, 6.07) is 3.41. The van der Waals surface area contributed by atoms with Gasteiger partial charge in [0.2, 0.25) is 5.95 Å². The van der Waals surface area contributed by atoms with Gasteiger partial charge in [0.25, 0.3) is 0 Å². The maximum absolute atomic E-state index is 13.0. The van der Waals surface area contributed by atoms with Crippen LogP contribution in [0.2, 0.25) is 0 Å². The van der Waals surface area contributed by atoms with Crippen LogP contribution in [0.5, 0.6) is 0 Å². The number of rotatable bonds is 1. The first-order chi connectivity index (χ1) is 7.25. The Kier molecular flexibility index (Phi) is 3.19. The van der Waals surface area contributed by atoms with E-state index in [-0.39, 0.29) is 5.95 Å². The molecule has 0 radical (unpaired) electrons. The van der Waals surface area contributed by atoms with Crippen molar-refractivity contribution >= 4 is 5.69 Å². The van der Waals surface area contributed by atoms with Crippen molar-refractivity contribution in [3.05, 3.63) is 24.3 Å². The molecule has 0 aromatic carbocycles. The molecule has 2 rings (SSSR count). The van der Waals surface area contributed by atoms with Crippen LogP contribution >= 0.6 is 0 Å². The summed E-state index contributed by atoms with van der Waals surface area (Å²) >= 11 is 0. The summed E-state index contributed by atoms with van der Waals surface area (Å²) in [6.45, 7) is 4.36. The molecule has 2 heterocycles. The van der Waals surface area contributed by atoms with Crippen LogP contribution in [-0.4, -0.2) is 18.1 Å². The van der Waals surface area contributed by atoms with Gasteiger partial charge in [-0.05, 0) is 31.2 Å². The van der Waals surface area contributed by atoms with Gasteiger partial charge in [0.15, 0.2) is 0 Å². The molecular weight excluding hydrogens is 191 g/mol. The molecule has 2 nitrogen and oxygen atoms in total. The third-order valence-corrected chi connectivity index (χ3v) is 3.09. The predicted octanol–water partition coefficient (Wildman–Crippen LogP) is 2.85. The lowest BCUT2D eigenvalue weighted by atomic mass is 10.0. The molecule has 0 spiro atoms. The maximum atomic E-state index is 13.0. The van der Waals surface area contributed by atoms with Crippen LogP contribution < -0.4 is 4.90 Å². The second kappa shape index (κ2) is 4.60. The topological polar surface area (TPSA) is 16.1 Å². The zero-order valence-electron chi connectivity index (χ0n) is 9.12. The minimum absolute atomic E-state index is 0.384. The normalized spacial score (nSPS) is 22.5. The van der Waals surface area contributed by atoms with Gasteiger partial charge in [-0.25, -0.2) is 4.98 Å². The maximum Gasteiger partial charge on any atom is 0.214 e. The first kappa shape index (κ1) is 10.4. The monoisotopic (exact) mass is 208 g/mol. The van der Waals surface area contributed by atoms with E-state index in [1.807, 2.05) is 6.07 Å². The summed E-state index contributed by atoms with van der Waals surface area (Å²) < 4.78 is 13.0. The Morgan fingerprint density at radius 3 is 3.07 bits per heavy atom. The first-order valence-corrected chi connectivity index (χ1v) is 5.62. The molecule has 1 aromatic rings. The van der Waals surface area contributed by atoms with Crippen molar-refractivity contribution in [2.24, 2.45) is 5.92 Å². The van der Waals surface area contributed by atoms with E-state index >= 15 is 0 Å². The Labute approximate surface area is 90.1 Å². The van der Waals surface area contributed by atoms with E-state index in [2.05, 4.69) is 16.8 Å². The number of hydrogen-bond donors (Lipinski definition) is 0. The van der Waals surface area contributed by atoms with E-state index < -0.39 is 0 Å². The molecule has 1 atom stereocenters. The zero-order chi connectivity index (χ0) is 10.7. The fraction of sp³-hybridized carbons (Fsp3) is 0.583. The van der Waals surface area contributed by atoms with Gasteiger partial charge in [0.1, 0.15) is 0 Å². The molecule has 1 fully saturated rings. The average Bonchev–Trinajstić information content (AvgIpc) is 2.43. The molecule has 1 aromatic heterocycles. The van der Waals surface area contributed by atoms with Crippen LogP contribution in [-0.2, 0) is 0 Å². The summed E-state index contributed by atoms with van der Waals surface area (Å²) in [4.78, 5) is 5.84. The molecule has 0 saturated carbocycles. The van der Waals surface area contributed by atoms with Crippen LogP contribution in [0.15, 0.2) is 18.3 Å². The van der Waals surface area contributed by atoms with Gasteiger partial charge in [-0.2, -0.15) is 4.39 Å². The van der Waals surface area contributed by atoms with E-state index in [1.165, 1.54) is 25.3 Å². The van der Waals surface area contributed by atoms with E-state index in [9.17, 15) is 4.39 Å². The Bertz CT molecular complexity index is 327. The van der Waals surface area contributed by atoms with Gasteiger partial charge in [-0.3, -0.25) is 0 Å². The van der Waals surface area contributed by atoms with Crippen molar-refractivity contribution in [2.75, 3.05) is 18.0 Å². The lowest BCUT2D eigenvalue weighted by Crippen LogP contribution is -2.24. The van der Waals surface area contributed by atoms with E-state index in [1.54, 1.807) is 6.20 Å². The minimum atomic E-state index is -0.384. The number of aromatic nitrogens is 1. The van der Waals surface area contributed by atoms with E-state index in [0.717, 1.165) is 24.7 Å². The SMILES string of the molecule is CC1CCCN(c2ccnc(F)c2)CC1. The average molecular weight is 208 g/mol. The van der Waals surface area contributed by atoms with Gasteiger partial charge in [0.05, 0.1) is 0 Å². The number of anilines is 1. The Morgan fingerprint density at radius 2 is 2.27 bits per heavy atom. The summed E-state index contributed by atoms with van der Waals surface area (Å²) in [7, 11) is 0. The summed E-state index contributed by atoms with van der Waals surface area (Å²) in [6.07, 6.45) is 5.22. The van der Waals surface area contributed by atoms with Gasteiger partial charge >= 0.3 is 0 Å². The number of nitrogens with zero attached hydrogens (tertiary/aromatic N) is 2. The van der Waals surface area contributed by atoms with Crippen LogP contribution in [0, 0.1) is 11.9 Å². The van der Waals surface area contributed by atoms with Crippen LogP contribution in [0.3, 0.4) is 0 Å². The van der Waals surface area contributed by atoms with Crippen molar-refractivity contribution < 1.29 is 4.39 Å². The number of hydrogen-bond acceptors (Lipinski definition) is 2. The highest BCUT2D eigenvalue weighted by atomic mass is 19.1. The molecule has 0 N–H and O–H groups in total. The van der Waals surface area contributed by atoms with Crippen molar-refractivity contribution in [1.82, 2.24) is 4.98 Å². The van der Waals surface area contributed by atoms with Crippen molar-refractivity contribution in [3.8, 4) is 0 Å². The molecule has 1 aliphatic heterocycles. The lowest BCUT2D eigenvalue weighted by molar-refractivity contribution is 0.521. The number of halogens is 1. The Hall–Kier alpha value is -1.12. The summed E-state index contributed by atoms with van der Waals surface area (Å²) in [5.74, 6) is 0.409. The van der Waals surface area contributed by atoms with Crippen LogP contribution in [0.25, 0.3) is 0 Å². The molecule has 15 heavy (non-hydrogen) atoms. The van der Waals surface area contributed by atoms with Gasteiger partial charge in [0, 0.05) is 31.0 Å². The molecule has 0 bridgehead atoms. The molecule has 0 aliphatic carbocycles. The summed E-state index contributed by atoms with van der Waals surface area (Å²) in [5.41, 5.74) is 0.969. The van der Waals surface area contributed by atoms with Gasteiger partial charge < -0.3 is 4.90 Å². The van der Waals surface area contributed by atoms with Crippen LogP contribution in [0.1, 0.15) is 26.2 Å². The second-order valence-corrected chi connectivity index (χ2v) is 4.36.